The van der Waals surface area contributed by atoms with E-state index in [1.54, 1.807) is 6.26 Å². The van der Waals surface area contributed by atoms with Gasteiger partial charge < -0.3 is 9.73 Å². The Morgan fingerprint density at radius 1 is 1.44 bits per heavy atom. The first-order chi connectivity index (χ1) is 7.44. The normalized spacial score (nSPS) is 14.1. The van der Waals surface area contributed by atoms with Crippen LogP contribution in [0.1, 0.15) is 52.1 Å². The Morgan fingerprint density at radius 3 is 2.56 bits per heavy atom. The van der Waals surface area contributed by atoms with E-state index >= 15 is 0 Å². The molecule has 16 heavy (non-hydrogen) atoms. The Labute approximate surface area is 107 Å². The molecule has 1 rings (SSSR count). The van der Waals surface area contributed by atoms with Crippen LogP contribution in [-0.2, 0) is 0 Å². The second kappa shape index (κ2) is 5.87. The van der Waals surface area contributed by atoms with E-state index in [1.165, 1.54) is 12.0 Å². The summed E-state index contributed by atoms with van der Waals surface area (Å²) in [5.41, 5.74) is 1.61. The van der Waals surface area contributed by atoms with Crippen LogP contribution in [0.15, 0.2) is 21.4 Å². The molecule has 1 heterocycles. The third kappa shape index (κ3) is 4.30. The van der Waals surface area contributed by atoms with E-state index in [4.69, 9.17) is 4.42 Å². The SMILES string of the molecule is CCNC(CCC(C)(C)C)c1ccoc1Br. The summed E-state index contributed by atoms with van der Waals surface area (Å²) in [5.74, 6) is 0. The minimum atomic E-state index is 0.379. The molecule has 92 valence electrons. The van der Waals surface area contributed by atoms with Crippen LogP contribution in [0.3, 0.4) is 0 Å². The molecular formula is C13H22BrNO. The lowest BCUT2D eigenvalue weighted by Crippen LogP contribution is -2.22. The molecule has 0 saturated carbocycles. The number of furan rings is 1. The molecule has 0 spiro atoms. The van der Waals surface area contributed by atoms with Gasteiger partial charge in [0.2, 0.25) is 0 Å². The van der Waals surface area contributed by atoms with Crippen LogP contribution in [0.25, 0.3) is 0 Å². The third-order valence-corrected chi connectivity index (χ3v) is 3.30. The highest BCUT2D eigenvalue weighted by molar-refractivity contribution is 9.10. The van der Waals surface area contributed by atoms with E-state index in [2.05, 4.69) is 48.9 Å². The predicted octanol–water partition coefficient (Wildman–Crippen LogP) is 4.52. The van der Waals surface area contributed by atoms with Crippen LogP contribution in [0, 0.1) is 5.41 Å². The number of hydrogen-bond acceptors (Lipinski definition) is 2. The molecule has 0 fully saturated rings. The Morgan fingerprint density at radius 2 is 2.12 bits per heavy atom. The lowest BCUT2D eigenvalue weighted by Gasteiger charge is -2.23. The van der Waals surface area contributed by atoms with E-state index < -0.39 is 0 Å². The zero-order valence-corrected chi connectivity index (χ0v) is 12.2. The van der Waals surface area contributed by atoms with Crippen LogP contribution in [0.5, 0.6) is 0 Å². The average Bonchev–Trinajstić information content (AvgIpc) is 2.57. The fourth-order valence-corrected chi connectivity index (χ4v) is 2.26. The third-order valence-electron chi connectivity index (χ3n) is 2.66. The van der Waals surface area contributed by atoms with Gasteiger partial charge in [0.25, 0.3) is 0 Å². The van der Waals surface area contributed by atoms with Crippen molar-refractivity contribution in [1.29, 1.82) is 0 Å². The molecule has 0 amide bonds. The maximum atomic E-state index is 5.30. The zero-order valence-electron chi connectivity index (χ0n) is 10.6. The second-order valence-corrected chi connectivity index (χ2v) is 6.08. The van der Waals surface area contributed by atoms with E-state index in [1.807, 2.05) is 6.07 Å². The van der Waals surface area contributed by atoms with Crippen molar-refractivity contribution < 1.29 is 4.42 Å². The fraction of sp³-hybridized carbons (Fsp3) is 0.692. The van der Waals surface area contributed by atoms with Gasteiger partial charge >= 0.3 is 0 Å². The number of halogens is 1. The van der Waals surface area contributed by atoms with Crippen LogP contribution >= 0.6 is 15.9 Å². The van der Waals surface area contributed by atoms with Gasteiger partial charge in [0, 0.05) is 11.6 Å². The van der Waals surface area contributed by atoms with E-state index in [0.29, 0.717) is 11.5 Å². The Hall–Kier alpha value is -0.280. The Bertz CT molecular complexity index is 314. The lowest BCUT2D eigenvalue weighted by molar-refractivity contribution is 0.332. The van der Waals surface area contributed by atoms with E-state index in [-0.39, 0.29) is 0 Å². The standard InChI is InChI=1S/C13H22BrNO/c1-5-15-11(6-8-13(2,3)4)10-7-9-16-12(10)14/h7,9,11,15H,5-6,8H2,1-4H3. The molecule has 1 N–H and O–H groups in total. The van der Waals surface area contributed by atoms with E-state index in [9.17, 15) is 0 Å². The summed E-state index contributed by atoms with van der Waals surface area (Å²) < 4.78 is 6.15. The van der Waals surface area contributed by atoms with Crippen molar-refractivity contribution in [3.05, 3.63) is 22.6 Å². The van der Waals surface area contributed by atoms with Gasteiger partial charge in [-0.1, -0.05) is 27.7 Å². The minimum absolute atomic E-state index is 0.379. The summed E-state index contributed by atoms with van der Waals surface area (Å²) in [4.78, 5) is 0. The predicted molar refractivity (Wildman–Crippen MR) is 71.5 cm³/mol. The zero-order chi connectivity index (χ0) is 12.2. The van der Waals surface area contributed by atoms with E-state index in [0.717, 1.165) is 17.6 Å². The van der Waals surface area contributed by atoms with Gasteiger partial charge in [0.1, 0.15) is 0 Å². The minimum Gasteiger partial charge on any atom is -0.457 e. The molecule has 0 aromatic carbocycles. The molecule has 0 saturated heterocycles. The molecule has 2 nitrogen and oxygen atoms in total. The summed E-state index contributed by atoms with van der Waals surface area (Å²) in [6.07, 6.45) is 4.07. The van der Waals surface area contributed by atoms with Crippen molar-refractivity contribution in [3.8, 4) is 0 Å². The molecule has 1 atom stereocenters. The first kappa shape index (κ1) is 13.8. The highest BCUT2D eigenvalue weighted by Gasteiger charge is 2.19. The van der Waals surface area contributed by atoms with Crippen molar-refractivity contribution in [3.63, 3.8) is 0 Å². The highest BCUT2D eigenvalue weighted by atomic mass is 79.9. The van der Waals surface area contributed by atoms with Crippen molar-refractivity contribution in [2.75, 3.05) is 6.54 Å². The number of nitrogens with one attached hydrogen (secondary N) is 1. The van der Waals surface area contributed by atoms with Crippen LogP contribution in [-0.4, -0.2) is 6.54 Å². The molecule has 0 aliphatic rings. The molecule has 0 aliphatic heterocycles. The molecular weight excluding hydrogens is 266 g/mol. The molecule has 0 bridgehead atoms. The van der Waals surface area contributed by atoms with Crippen molar-refractivity contribution in [2.24, 2.45) is 5.41 Å². The van der Waals surface area contributed by atoms with Gasteiger partial charge in [0.05, 0.1) is 6.26 Å². The number of rotatable bonds is 5. The van der Waals surface area contributed by atoms with Gasteiger partial charge in [0.15, 0.2) is 4.67 Å². The maximum absolute atomic E-state index is 5.30. The topological polar surface area (TPSA) is 25.2 Å². The average molecular weight is 288 g/mol. The Kier molecular flexibility index (Phi) is 5.06. The second-order valence-electron chi connectivity index (χ2n) is 5.36. The summed E-state index contributed by atoms with van der Waals surface area (Å²) in [6, 6.07) is 2.43. The molecule has 3 heteroatoms. The number of hydrogen-bond donors (Lipinski definition) is 1. The van der Waals surface area contributed by atoms with Gasteiger partial charge in [-0.05, 0) is 46.8 Å². The lowest BCUT2D eigenvalue weighted by atomic mass is 9.87. The summed E-state index contributed by atoms with van der Waals surface area (Å²) in [7, 11) is 0. The largest absolute Gasteiger partial charge is 0.457 e. The smallest absolute Gasteiger partial charge is 0.173 e. The first-order valence-corrected chi connectivity index (χ1v) is 6.69. The molecule has 0 radical (unpaired) electrons. The summed E-state index contributed by atoms with van der Waals surface area (Å²) in [6.45, 7) is 9.95. The molecule has 1 aromatic heterocycles. The van der Waals surface area contributed by atoms with Crippen LogP contribution in [0.4, 0.5) is 0 Å². The molecule has 1 aromatic rings. The van der Waals surface area contributed by atoms with Gasteiger partial charge in [-0.3, -0.25) is 0 Å². The van der Waals surface area contributed by atoms with Gasteiger partial charge in [-0.15, -0.1) is 0 Å². The van der Waals surface area contributed by atoms with Crippen molar-refractivity contribution in [2.45, 2.75) is 46.6 Å². The van der Waals surface area contributed by atoms with Crippen molar-refractivity contribution in [1.82, 2.24) is 5.32 Å². The molecule has 0 aliphatic carbocycles. The van der Waals surface area contributed by atoms with Gasteiger partial charge in [-0.2, -0.15) is 0 Å². The monoisotopic (exact) mass is 287 g/mol. The summed E-state index contributed by atoms with van der Waals surface area (Å²) in [5, 5.41) is 3.51. The van der Waals surface area contributed by atoms with Crippen LogP contribution in [0.2, 0.25) is 0 Å². The maximum Gasteiger partial charge on any atom is 0.173 e. The quantitative estimate of drug-likeness (QED) is 0.861. The highest BCUT2D eigenvalue weighted by Crippen LogP contribution is 2.31. The Balaban J connectivity index is 2.65. The van der Waals surface area contributed by atoms with Crippen molar-refractivity contribution >= 4 is 15.9 Å². The summed E-state index contributed by atoms with van der Waals surface area (Å²) >= 11 is 3.45. The van der Waals surface area contributed by atoms with Crippen LogP contribution < -0.4 is 5.32 Å². The fourth-order valence-electron chi connectivity index (χ4n) is 1.75. The van der Waals surface area contributed by atoms with Gasteiger partial charge in [-0.25, -0.2) is 0 Å². The molecule has 1 unspecified atom stereocenters. The first-order valence-electron chi connectivity index (χ1n) is 5.90.